The first-order valence-electron chi connectivity index (χ1n) is 36.8. The van der Waals surface area contributed by atoms with E-state index in [0.29, 0.717) is 17.4 Å². The van der Waals surface area contributed by atoms with Gasteiger partial charge in [-0.2, -0.15) is 0 Å². The van der Waals surface area contributed by atoms with Crippen molar-refractivity contribution in [3.05, 3.63) is 85.1 Å². The summed E-state index contributed by atoms with van der Waals surface area (Å²) in [6, 6.07) is 0. The lowest BCUT2D eigenvalue weighted by atomic mass is 10.0. The van der Waals surface area contributed by atoms with Gasteiger partial charge in [0.25, 0.3) is 6.29 Å². The summed E-state index contributed by atoms with van der Waals surface area (Å²) >= 11 is 0. The fourth-order valence-electron chi connectivity index (χ4n) is 10.5. The Bertz CT molecular complexity index is 1700. The third-order valence-electron chi connectivity index (χ3n) is 16.1. The minimum Gasteiger partial charge on any atom is -0.477 e. The van der Waals surface area contributed by atoms with Crippen LogP contribution in [0.3, 0.4) is 0 Å². The number of likely N-dealkylation sites (N-methyl/N-ethyl adjacent to an activating group) is 1. The van der Waals surface area contributed by atoms with Gasteiger partial charge in [-0.15, -0.1) is 0 Å². The highest BCUT2D eigenvalue weighted by Gasteiger charge is 2.25. The molecule has 2 atom stereocenters. The van der Waals surface area contributed by atoms with Crippen molar-refractivity contribution in [3.63, 3.8) is 0 Å². The second-order valence-corrected chi connectivity index (χ2v) is 25.9. The zero-order valence-corrected chi connectivity index (χ0v) is 57.7. The zero-order chi connectivity index (χ0) is 63.3. The predicted octanol–water partition coefficient (Wildman–Crippen LogP) is 23.0. The second kappa shape index (κ2) is 68.4. The van der Waals surface area contributed by atoms with Gasteiger partial charge in [-0.25, -0.2) is 4.79 Å². The highest BCUT2D eigenvalue weighted by molar-refractivity contribution is 5.71. The summed E-state index contributed by atoms with van der Waals surface area (Å²) in [6.07, 6.45) is 89.9. The van der Waals surface area contributed by atoms with Crippen LogP contribution in [0.15, 0.2) is 85.1 Å². The monoisotopic (exact) mass is 1220 g/mol. The van der Waals surface area contributed by atoms with Gasteiger partial charge in [0.05, 0.1) is 34.4 Å². The van der Waals surface area contributed by atoms with E-state index in [-0.39, 0.29) is 32.2 Å². The van der Waals surface area contributed by atoms with Crippen molar-refractivity contribution in [1.82, 2.24) is 0 Å². The Labute approximate surface area is 538 Å². The number of hydrogen-bond acceptors (Lipinski definition) is 7. The van der Waals surface area contributed by atoms with Crippen molar-refractivity contribution in [2.75, 3.05) is 47.5 Å². The Hall–Kier alpha value is -3.53. The lowest BCUT2D eigenvalue weighted by molar-refractivity contribution is -0.870. The molecule has 0 aromatic heterocycles. The maximum atomic E-state index is 13.0. The molecule has 9 heteroatoms. The number of carbonyl (C=O) groups is 3. The normalized spacial score (nSPS) is 13.2. The first-order valence-corrected chi connectivity index (χ1v) is 36.8. The van der Waals surface area contributed by atoms with E-state index in [2.05, 4.69) is 98.9 Å². The number of allylic oxidation sites excluding steroid dienone is 14. The van der Waals surface area contributed by atoms with Crippen molar-refractivity contribution in [2.24, 2.45) is 0 Å². The van der Waals surface area contributed by atoms with Crippen molar-refractivity contribution in [1.29, 1.82) is 0 Å². The van der Waals surface area contributed by atoms with E-state index < -0.39 is 24.3 Å². The zero-order valence-electron chi connectivity index (χ0n) is 57.7. The van der Waals surface area contributed by atoms with Crippen LogP contribution in [-0.2, 0) is 33.3 Å². The minimum atomic E-state index is -1.51. The SMILES string of the molecule is CC/C=C\C/C=C\C/C=C\C/C=C\C/C=C\CCCCCCCCCCCCCCCC(=O)OC(COC(=O)CCCCCCCCCCCCCCCCCCCCCCC/C=C\C/C=C\CCCCCCC)COC(OCC[N+](C)(C)C)C(=O)O. The topological polar surface area (TPSA) is 108 Å². The number of quaternary nitrogens is 1. The number of rotatable bonds is 68. The average Bonchev–Trinajstić information content (AvgIpc) is 3.57. The van der Waals surface area contributed by atoms with Crippen LogP contribution in [0.1, 0.15) is 335 Å². The molecule has 0 rings (SSSR count). The molecule has 0 fully saturated rings. The molecular weight excluding hydrogens is 1080 g/mol. The van der Waals surface area contributed by atoms with E-state index >= 15 is 0 Å². The Morgan fingerprint density at radius 3 is 0.977 bits per heavy atom. The van der Waals surface area contributed by atoms with Gasteiger partial charge in [0, 0.05) is 12.8 Å². The molecule has 0 aliphatic heterocycles. The smallest absolute Gasteiger partial charge is 0.361 e. The van der Waals surface area contributed by atoms with Crippen molar-refractivity contribution < 1.29 is 42.9 Å². The fraction of sp³-hybridized carbons (Fsp3) is 0.782. The molecule has 0 aliphatic rings. The van der Waals surface area contributed by atoms with Gasteiger partial charge in [-0.3, -0.25) is 9.59 Å². The predicted molar refractivity (Wildman–Crippen MR) is 373 cm³/mol. The average molecular weight is 1220 g/mol. The van der Waals surface area contributed by atoms with Crippen LogP contribution >= 0.6 is 0 Å². The van der Waals surface area contributed by atoms with Gasteiger partial charge in [0.1, 0.15) is 13.2 Å². The highest BCUT2D eigenvalue weighted by Crippen LogP contribution is 2.18. The lowest BCUT2D eigenvalue weighted by Crippen LogP contribution is -2.40. The Morgan fingerprint density at radius 2 is 0.655 bits per heavy atom. The molecule has 0 amide bonds. The molecule has 87 heavy (non-hydrogen) atoms. The van der Waals surface area contributed by atoms with E-state index in [1.54, 1.807) is 0 Å². The number of nitrogens with zero attached hydrogens (tertiary/aromatic N) is 1. The molecule has 0 saturated heterocycles. The van der Waals surface area contributed by atoms with Crippen molar-refractivity contribution in [2.45, 2.75) is 347 Å². The number of hydrogen-bond donors (Lipinski definition) is 1. The number of carboxylic acid groups (broad SMARTS) is 1. The number of carbonyl (C=O) groups excluding carboxylic acids is 2. The quantitative estimate of drug-likeness (QED) is 0.0211. The molecule has 0 heterocycles. The Balaban J connectivity index is 4.06. The molecule has 0 aromatic carbocycles. The van der Waals surface area contributed by atoms with E-state index in [1.807, 2.05) is 21.1 Å². The maximum absolute atomic E-state index is 13.0. The third-order valence-corrected chi connectivity index (χ3v) is 16.1. The summed E-state index contributed by atoms with van der Waals surface area (Å²) in [5, 5.41) is 9.76. The number of aliphatic carboxylic acids is 1. The van der Waals surface area contributed by atoms with E-state index in [4.69, 9.17) is 18.9 Å². The van der Waals surface area contributed by atoms with E-state index in [1.165, 1.54) is 231 Å². The van der Waals surface area contributed by atoms with Crippen LogP contribution in [0.2, 0.25) is 0 Å². The maximum Gasteiger partial charge on any atom is 0.361 e. The van der Waals surface area contributed by atoms with Crippen LogP contribution in [0.25, 0.3) is 0 Å². The van der Waals surface area contributed by atoms with Gasteiger partial charge in [-0.1, -0.05) is 317 Å². The van der Waals surface area contributed by atoms with Gasteiger partial charge >= 0.3 is 17.9 Å². The Kier molecular flexibility index (Phi) is 65.6. The Morgan fingerprint density at radius 1 is 0.356 bits per heavy atom. The van der Waals surface area contributed by atoms with E-state index in [0.717, 1.165) is 77.0 Å². The third kappa shape index (κ3) is 69.8. The summed E-state index contributed by atoms with van der Waals surface area (Å²) in [5.74, 6) is -1.99. The van der Waals surface area contributed by atoms with Crippen LogP contribution in [-0.4, -0.2) is 87.4 Å². The summed E-state index contributed by atoms with van der Waals surface area (Å²) in [4.78, 5) is 37.7. The van der Waals surface area contributed by atoms with Crippen molar-refractivity contribution >= 4 is 17.9 Å². The molecule has 2 unspecified atom stereocenters. The molecule has 0 radical (unpaired) electrons. The molecule has 0 aliphatic carbocycles. The van der Waals surface area contributed by atoms with Crippen molar-refractivity contribution in [3.8, 4) is 0 Å². The minimum absolute atomic E-state index is 0.182. The van der Waals surface area contributed by atoms with Gasteiger partial charge in [0.15, 0.2) is 6.10 Å². The largest absolute Gasteiger partial charge is 0.477 e. The first kappa shape index (κ1) is 83.5. The van der Waals surface area contributed by atoms with Gasteiger partial charge < -0.3 is 28.5 Å². The van der Waals surface area contributed by atoms with E-state index in [9.17, 15) is 19.5 Å². The molecule has 0 aromatic rings. The van der Waals surface area contributed by atoms with Crippen LogP contribution in [0.4, 0.5) is 0 Å². The molecule has 504 valence electrons. The molecule has 9 nitrogen and oxygen atoms in total. The molecule has 0 bridgehead atoms. The van der Waals surface area contributed by atoms with Gasteiger partial charge in [-0.05, 0) is 89.9 Å². The summed E-state index contributed by atoms with van der Waals surface area (Å²) in [6.45, 7) is 4.79. The molecular formula is C78H140NO8+. The van der Waals surface area contributed by atoms with Gasteiger partial charge in [0.2, 0.25) is 0 Å². The highest BCUT2D eigenvalue weighted by atomic mass is 16.7. The number of ether oxygens (including phenoxy) is 4. The molecule has 1 N–H and O–H groups in total. The standard InChI is InChI=1S/C78H139NO8/c1-6-8-10-12-14-16-18-20-22-24-26-28-30-32-34-36-37-38-39-41-42-44-46-48-50-52-54-56-58-60-62-64-66-68-75(80)85-72-74(73-86-78(77(82)83)84-71-70-79(3,4)5)87-76(81)69-67-65-63-61-59-57-55-53-51-49-47-45-43-40-35-33-31-29-27-25-23-21-19-17-15-13-11-9-7-2/h9,11,15,17-18,20-21,23-24,26-27,29,33,35,74,78H,6-8,10,12-14,16,19,22,25,28,30-32,34,36-73H2,1-5H3/p+1/b11-9-,17-15-,20-18-,23-21-,26-24-,29-27-,35-33-. The number of esters is 2. The summed E-state index contributed by atoms with van der Waals surface area (Å²) < 4.78 is 23.0. The molecule has 0 spiro atoms. The fourth-order valence-corrected chi connectivity index (χ4v) is 10.5. The van der Waals surface area contributed by atoms with Crippen LogP contribution in [0, 0.1) is 0 Å². The number of carboxylic acids is 1. The summed E-state index contributed by atoms with van der Waals surface area (Å²) in [5.41, 5.74) is 0. The van der Waals surface area contributed by atoms with Crippen LogP contribution in [0.5, 0.6) is 0 Å². The van der Waals surface area contributed by atoms with Crippen LogP contribution < -0.4 is 0 Å². The number of unbranched alkanes of at least 4 members (excludes halogenated alkanes) is 39. The molecule has 0 saturated carbocycles. The second-order valence-electron chi connectivity index (χ2n) is 25.9. The summed E-state index contributed by atoms with van der Waals surface area (Å²) in [7, 11) is 5.98. The first-order chi connectivity index (χ1) is 42.6. The lowest BCUT2D eigenvalue weighted by Gasteiger charge is -2.25.